The van der Waals surface area contributed by atoms with Gasteiger partial charge in [0.25, 0.3) is 0 Å². The predicted molar refractivity (Wildman–Crippen MR) is 77.5 cm³/mol. The molecular formula is C16H20N2O3. The summed E-state index contributed by atoms with van der Waals surface area (Å²) in [5.41, 5.74) is 7.06. The van der Waals surface area contributed by atoms with E-state index in [1.54, 1.807) is 0 Å². The van der Waals surface area contributed by atoms with Gasteiger partial charge in [-0.2, -0.15) is 0 Å². The molecule has 1 aromatic rings. The molecule has 4 rings (SSSR count). The van der Waals surface area contributed by atoms with E-state index in [1.807, 2.05) is 17.0 Å². The molecule has 3 aliphatic rings. The summed E-state index contributed by atoms with van der Waals surface area (Å²) in [6.45, 7) is 2.72. The molecule has 0 aromatic heterocycles. The molecule has 1 saturated heterocycles. The second-order valence-electron chi connectivity index (χ2n) is 6.18. The first-order valence-corrected chi connectivity index (χ1v) is 7.66. The van der Waals surface area contributed by atoms with Crippen LogP contribution in [-0.2, 0) is 4.79 Å². The van der Waals surface area contributed by atoms with Crippen LogP contribution in [-0.4, -0.2) is 43.2 Å². The summed E-state index contributed by atoms with van der Waals surface area (Å²) in [6, 6.07) is 6.19. The van der Waals surface area contributed by atoms with Gasteiger partial charge < -0.3 is 20.1 Å². The normalized spacial score (nSPS) is 30.3. The molecule has 1 aliphatic carbocycles. The van der Waals surface area contributed by atoms with Crippen molar-refractivity contribution in [3.8, 4) is 11.5 Å². The molecule has 0 bridgehead atoms. The molecule has 112 valence electrons. The van der Waals surface area contributed by atoms with Crippen molar-refractivity contribution < 1.29 is 14.3 Å². The Kier molecular flexibility index (Phi) is 3.03. The van der Waals surface area contributed by atoms with Gasteiger partial charge in [0.15, 0.2) is 11.5 Å². The zero-order valence-corrected chi connectivity index (χ0v) is 12.0. The first-order valence-electron chi connectivity index (χ1n) is 7.66. The van der Waals surface area contributed by atoms with Crippen LogP contribution in [0.1, 0.15) is 24.3 Å². The Morgan fingerprint density at radius 2 is 2.05 bits per heavy atom. The lowest BCUT2D eigenvalue weighted by atomic mass is 10.1. The number of carbonyl (C=O) groups excluding carboxylic acids is 1. The van der Waals surface area contributed by atoms with Crippen molar-refractivity contribution in [2.24, 2.45) is 11.7 Å². The first kappa shape index (κ1) is 13.0. The highest BCUT2D eigenvalue weighted by atomic mass is 16.6. The van der Waals surface area contributed by atoms with Crippen LogP contribution in [0.25, 0.3) is 0 Å². The lowest BCUT2D eigenvalue weighted by Crippen LogP contribution is -2.33. The van der Waals surface area contributed by atoms with Gasteiger partial charge in [-0.25, -0.2) is 0 Å². The SMILES string of the molecule is N[C@@H]1CCN(C(=O)C2CC2c2ccc3c(c2)OCCO3)C1. The summed E-state index contributed by atoms with van der Waals surface area (Å²) in [5, 5.41) is 0. The average Bonchev–Trinajstić information content (AvgIpc) is 3.20. The van der Waals surface area contributed by atoms with Gasteiger partial charge in [0.2, 0.25) is 5.91 Å². The molecule has 3 atom stereocenters. The fourth-order valence-electron chi connectivity index (χ4n) is 3.35. The van der Waals surface area contributed by atoms with E-state index in [1.165, 1.54) is 5.56 Å². The number of amides is 1. The number of nitrogens with zero attached hydrogens (tertiary/aromatic N) is 1. The standard InChI is InChI=1S/C16H20N2O3/c17-11-3-4-18(9-11)16(19)13-8-12(13)10-1-2-14-15(7-10)21-6-5-20-14/h1-2,7,11-13H,3-6,8-9,17H2/t11-,12?,13?/m1/s1. The molecule has 1 amide bonds. The zero-order valence-electron chi connectivity index (χ0n) is 12.0. The maximum absolute atomic E-state index is 12.4. The van der Waals surface area contributed by atoms with E-state index in [0.717, 1.165) is 30.9 Å². The number of hydrogen-bond donors (Lipinski definition) is 1. The van der Waals surface area contributed by atoms with Gasteiger partial charge in [-0.3, -0.25) is 4.79 Å². The molecule has 2 aliphatic heterocycles. The minimum absolute atomic E-state index is 0.123. The molecule has 21 heavy (non-hydrogen) atoms. The van der Waals surface area contributed by atoms with Crippen molar-refractivity contribution in [3.63, 3.8) is 0 Å². The number of carbonyl (C=O) groups is 1. The van der Waals surface area contributed by atoms with Crippen molar-refractivity contribution in [2.45, 2.75) is 24.8 Å². The van der Waals surface area contributed by atoms with Crippen molar-refractivity contribution in [3.05, 3.63) is 23.8 Å². The van der Waals surface area contributed by atoms with Gasteiger partial charge in [0.05, 0.1) is 0 Å². The molecule has 0 radical (unpaired) electrons. The van der Waals surface area contributed by atoms with E-state index in [0.29, 0.717) is 25.7 Å². The number of likely N-dealkylation sites (tertiary alicyclic amines) is 1. The van der Waals surface area contributed by atoms with Crippen molar-refractivity contribution in [2.75, 3.05) is 26.3 Å². The molecule has 5 nitrogen and oxygen atoms in total. The Morgan fingerprint density at radius 3 is 2.81 bits per heavy atom. The molecule has 2 heterocycles. The molecule has 2 N–H and O–H groups in total. The minimum atomic E-state index is 0.123. The second kappa shape index (κ2) is 4.91. The van der Waals surface area contributed by atoms with Crippen LogP contribution < -0.4 is 15.2 Å². The second-order valence-corrected chi connectivity index (χ2v) is 6.18. The van der Waals surface area contributed by atoms with Crippen LogP contribution in [0.4, 0.5) is 0 Å². The first-order chi connectivity index (χ1) is 10.2. The minimum Gasteiger partial charge on any atom is -0.486 e. The topological polar surface area (TPSA) is 64.8 Å². The number of ether oxygens (including phenoxy) is 2. The maximum Gasteiger partial charge on any atom is 0.226 e. The van der Waals surface area contributed by atoms with Gasteiger partial charge in [0.1, 0.15) is 13.2 Å². The van der Waals surface area contributed by atoms with Gasteiger partial charge in [-0.05, 0) is 36.5 Å². The third kappa shape index (κ3) is 2.35. The summed E-state index contributed by atoms with van der Waals surface area (Å²) in [5.74, 6) is 2.32. The van der Waals surface area contributed by atoms with Crippen LogP contribution in [0.15, 0.2) is 18.2 Å². The van der Waals surface area contributed by atoms with E-state index >= 15 is 0 Å². The van der Waals surface area contributed by atoms with E-state index in [4.69, 9.17) is 15.2 Å². The number of benzene rings is 1. The van der Waals surface area contributed by atoms with Crippen LogP contribution in [0.3, 0.4) is 0 Å². The van der Waals surface area contributed by atoms with E-state index in [2.05, 4.69) is 6.07 Å². The van der Waals surface area contributed by atoms with Gasteiger partial charge in [0, 0.05) is 25.0 Å². The van der Waals surface area contributed by atoms with Crippen LogP contribution >= 0.6 is 0 Å². The lowest BCUT2D eigenvalue weighted by Gasteiger charge is -2.19. The molecule has 2 fully saturated rings. The lowest BCUT2D eigenvalue weighted by molar-refractivity contribution is -0.131. The Bertz CT molecular complexity index is 575. The Morgan fingerprint density at radius 1 is 1.24 bits per heavy atom. The Labute approximate surface area is 124 Å². The van der Waals surface area contributed by atoms with E-state index in [9.17, 15) is 4.79 Å². The van der Waals surface area contributed by atoms with E-state index < -0.39 is 0 Å². The molecule has 1 aromatic carbocycles. The Hall–Kier alpha value is -1.75. The number of nitrogens with two attached hydrogens (primary N) is 1. The summed E-state index contributed by atoms with van der Waals surface area (Å²) in [6.07, 6.45) is 1.86. The summed E-state index contributed by atoms with van der Waals surface area (Å²) < 4.78 is 11.1. The van der Waals surface area contributed by atoms with Crippen molar-refractivity contribution in [1.82, 2.24) is 4.90 Å². The Balaban J connectivity index is 1.46. The van der Waals surface area contributed by atoms with Gasteiger partial charge in [-0.15, -0.1) is 0 Å². The quantitative estimate of drug-likeness (QED) is 0.886. The van der Waals surface area contributed by atoms with Gasteiger partial charge >= 0.3 is 0 Å². The number of hydrogen-bond acceptors (Lipinski definition) is 4. The monoisotopic (exact) mass is 288 g/mol. The fraction of sp³-hybridized carbons (Fsp3) is 0.562. The third-order valence-corrected chi connectivity index (χ3v) is 4.64. The van der Waals surface area contributed by atoms with Crippen LogP contribution in [0, 0.1) is 5.92 Å². The zero-order chi connectivity index (χ0) is 14.4. The van der Waals surface area contributed by atoms with Crippen molar-refractivity contribution in [1.29, 1.82) is 0 Å². The van der Waals surface area contributed by atoms with E-state index in [-0.39, 0.29) is 17.9 Å². The maximum atomic E-state index is 12.4. The van der Waals surface area contributed by atoms with Gasteiger partial charge in [-0.1, -0.05) is 6.07 Å². The predicted octanol–water partition coefficient (Wildman–Crippen LogP) is 1.12. The number of rotatable bonds is 2. The molecule has 2 unspecified atom stereocenters. The smallest absolute Gasteiger partial charge is 0.226 e. The highest BCUT2D eigenvalue weighted by Crippen LogP contribution is 2.50. The van der Waals surface area contributed by atoms with Crippen LogP contribution in [0.2, 0.25) is 0 Å². The highest BCUT2D eigenvalue weighted by Gasteiger charge is 2.46. The highest BCUT2D eigenvalue weighted by molar-refractivity contribution is 5.83. The molecule has 1 saturated carbocycles. The summed E-state index contributed by atoms with van der Waals surface area (Å²) in [7, 11) is 0. The summed E-state index contributed by atoms with van der Waals surface area (Å²) >= 11 is 0. The van der Waals surface area contributed by atoms with Crippen LogP contribution in [0.5, 0.6) is 11.5 Å². The number of fused-ring (bicyclic) bond motifs is 1. The largest absolute Gasteiger partial charge is 0.486 e. The third-order valence-electron chi connectivity index (χ3n) is 4.64. The molecular weight excluding hydrogens is 268 g/mol. The molecule has 5 heteroatoms. The summed E-state index contributed by atoms with van der Waals surface area (Å²) in [4.78, 5) is 14.4. The average molecular weight is 288 g/mol. The molecule has 0 spiro atoms. The fourth-order valence-corrected chi connectivity index (χ4v) is 3.35. The van der Waals surface area contributed by atoms with Crippen molar-refractivity contribution >= 4 is 5.91 Å².